The van der Waals surface area contributed by atoms with Crippen LogP contribution in [0, 0.1) is 18.3 Å². The minimum Gasteiger partial charge on any atom is -0.266 e. The second-order valence-corrected chi connectivity index (χ2v) is 6.20. The summed E-state index contributed by atoms with van der Waals surface area (Å²) in [7, 11) is 0. The van der Waals surface area contributed by atoms with Gasteiger partial charge in [-0.15, -0.1) is 0 Å². The van der Waals surface area contributed by atoms with Gasteiger partial charge in [0.2, 0.25) is 0 Å². The van der Waals surface area contributed by atoms with E-state index in [9.17, 15) is 14.9 Å². The van der Waals surface area contributed by atoms with Crippen LogP contribution >= 0.6 is 11.6 Å². The zero-order valence-corrected chi connectivity index (χ0v) is 15.5. The zero-order valence-electron chi connectivity index (χ0n) is 14.8. The summed E-state index contributed by atoms with van der Waals surface area (Å²) in [6.07, 6.45) is 1.43. The van der Waals surface area contributed by atoms with E-state index in [0.29, 0.717) is 16.3 Å². The van der Waals surface area contributed by atoms with Crippen molar-refractivity contribution in [3.05, 3.63) is 92.4 Å². The highest BCUT2D eigenvalue weighted by Gasteiger charge is 2.19. The van der Waals surface area contributed by atoms with Crippen LogP contribution in [0.15, 0.2) is 64.5 Å². The van der Waals surface area contributed by atoms with Crippen LogP contribution in [0.1, 0.15) is 27.2 Å². The maximum Gasteiger partial charge on any atom is 0.292 e. The van der Waals surface area contributed by atoms with Crippen LogP contribution in [0.25, 0.3) is 5.69 Å². The Hall–Kier alpha value is -3.76. The third-order valence-electron chi connectivity index (χ3n) is 3.89. The Balaban J connectivity index is 1.96. The summed E-state index contributed by atoms with van der Waals surface area (Å²) < 4.78 is 1.03. The molecule has 0 aliphatic rings. The van der Waals surface area contributed by atoms with E-state index >= 15 is 0 Å². The van der Waals surface area contributed by atoms with Crippen molar-refractivity contribution in [1.29, 1.82) is 5.26 Å². The smallest absolute Gasteiger partial charge is 0.266 e. The molecular formula is C20H14ClN5O2. The Morgan fingerprint density at radius 1 is 1.25 bits per heavy atom. The first-order valence-corrected chi connectivity index (χ1v) is 8.57. The minimum atomic E-state index is -0.642. The molecule has 138 valence electrons. The van der Waals surface area contributed by atoms with Gasteiger partial charge in [0, 0.05) is 10.6 Å². The Bertz CT molecular complexity index is 1160. The van der Waals surface area contributed by atoms with Gasteiger partial charge >= 0.3 is 0 Å². The monoisotopic (exact) mass is 391 g/mol. The molecule has 3 aromatic rings. The molecule has 8 heteroatoms. The van der Waals surface area contributed by atoms with Crippen LogP contribution in [0.3, 0.4) is 0 Å². The van der Waals surface area contributed by atoms with Crippen molar-refractivity contribution < 1.29 is 4.79 Å². The number of nitrogens with one attached hydrogen (secondary N) is 1. The van der Waals surface area contributed by atoms with Gasteiger partial charge in [-0.1, -0.05) is 41.9 Å². The molecule has 1 aromatic heterocycles. The Morgan fingerprint density at radius 2 is 2.00 bits per heavy atom. The normalized spacial score (nSPS) is 10.6. The van der Waals surface area contributed by atoms with Crippen molar-refractivity contribution >= 4 is 23.7 Å². The fraction of sp³-hybridized carbons (Fsp3) is 0.0500. The molecule has 0 unspecified atom stereocenters. The molecule has 0 saturated heterocycles. The number of hydrazone groups is 1. The third kappa shape index (κ3) is 3.98. The molecule has 7 nitrogen and oxygen atoms in total. The second-order valence-electron chi connectivity index (χ2n) is 5.77. The van der Waals surface area contributed by atoms with E-state index < -0.39 is 11.5 Å². The molecule has 1 heterocycles. The van der Waals surface area contributed by atoms with Gasteiger partial charge in [-0.05, 0) is 36.8 Å². The standard InChI is InChI=1S/C20H14ClN5O2/c1-13-17(11-22)20(28)26(16-8-3-2-4-9-16)25-18(13)19(27)24-23-12-14-6-5-7-15(21)10-14/h2-10,12H,1H3,(H,24,27)/b23-12+. The number of benzene rings is 2. The number of hydrogen-bond acceptors (Lipinski definition) is 5. The zero-order chi connectivity index (χ0) is 20.1. The van der Waals surface area contributed by atoms with Gasteiger partial charge in [0.1, 0.15) is 11.6 Å². The van der Waals surface area contributed by atoms with Gasteiger partial charge in [0.05, 0.1) is 11.9 Å². The molecule has 0 spiro atoms. The van der Waals surface area contributed by atoms with Crippen LogP contribution in [-0.2, 0) is 0 Å². The van der Waals surface area contributed by atoms with E-state index in [4.69, 9.17) is 11.6 Å². The molecule has 2 aromatic carbocycles. The first-order valence-electron chi connectivity index (χ1n) is 8.19. The molecular weight excluding hydrogens is 378 g/mol. The van der Waals surface area contributed by atoms with E-state index in [1.165, 1.54) is 13.1 Å². The quantitative estimate of drug-likeness (QED) is 0.545. The van der Waals surface area contributed by atoms with Crippen molar-refractivity contribution in [2.75, 3.05) is 0 Å². The van der Waals surface area contributed by atoms with Gasteiger partial charge in [-0.3, -0.25) is 9.59 Å². The number of rotatable bonds is 4. The maximum absolute atomic E-state index is 12.5. The van der Waals surface area contributed by atoms with Crippen LogP contribution in [0.4, 0.5) is 0 Å². The summed E-state index contributed by atoms with van der Waals surface area (Å²) >= 11 is 5.90. The molecule has 0 atom stereocenters. The summed E-state index contributed by atoms with van der Waals surface area (Å²) in [6.45, 7) is 1.50. The van der Waals surface area contributed by atoms with E-state index in [1.807, 2.05) is 6.07 Å². The number of para-hydroxylation sites is 1. The Labute approximate surface area is 165 Å². The van der Waals surface area contributed by atoms with Crippen LogP contribution in [-0.4, -0.2) is 21.9 Å². The summed E-state index contributed by atoms with van der Waals surface area (Å²) in [6, 6.07) is 17.3. The lowest BCUT2D eigenvalue weighted by Gasteiger charge is -2.10. The molecule has 28 heavy (non-hydrogen) atoms. The molecule has 0 bridgehead atoms. The Morgan fingerprint density at radius 3 is 2.68 bits per heavy atom. The van der Waals surface area contributed by atoms with Crippen molar-refractivity contribution in [3.8, 4) is 11.8 Å². The molecule has 1 amide bonds. The van der Waals surface area contributed by atoms with Crippen molar-refractivity contribution in [3.63, 3.8) is 0 Å². The molecule has 0 radical (unpaired) electrons. The third-order valence-corrected chi connectivity index (χ3v) is 4.13. The fourth-order valence-corrected chi connectivity index (χ4v) is 2.70. The lowest BCUT2D eigenvalue weighted by atomic mass is 10.1. The number of nitriles is 1. The number of aromatic nitrogens is 2. The lowest BCUT2D eigenvalue weighted by Crippen LogP contribution is -2.31. The van der Waals surface area contributed by atoms with E-state index in [0.717, 1.165) is 4.68 Å². The van der Waals surface area contributed by atoms with Gasteiger partial charge in [-0.25, -0.2) is 5.43 Å². The van der Waals surface area contributed by atoms with Crippen molar-refractivity contribution in [2.45, 2.75) is 6.92 Å². The van der Waals surface area contributed by atoms with E-state index in [1.54, 1.807) is 54.6 Å². The van der Waals surface area contributed by atoms with Gasteiger partial charge in [0.15, 0.2) is 5.69 Å². The van der Waals surface area contributed by atoms with Crippen LogP contribution in [0.5, 0.6) is 0 Å². The van der Waals surface area contributed by atoms with Gasteiger partial charge < -0.3 is 0 Å². The second kappa shape index (κ2) is 8.29. The van der Waals surface area contributed by atoms with Crippen LogP contribution in [0.2, 0.25) is 5.02 Å². The average molecular weight is 392 g/mol. The summed E-state index contributed by atoms with van der Waals surface area (Å²) in [4.78, 5) is 25.1. The summed E-state index contributed by atoms with van der Waals surface area (Å²) in [5.74, 6) is -0.642. The molecule has 0 saturated carbocycles. The van der Waals surface area contributed by atoms with E-state index in [2.05, 4.69) is 15.6 Å². The van der Waals surface area contributed by atoms with Crippen LogP contribution < -0.4 is 11.0 Å². The number of hydrogen-bond donors (Lipinski definition) is 1. The first kappa shape index (κ1) is 19.0. The lowest BCUT2D eigenvalue weighted by molar-refractivity contribution is 0.0947. The Kier molecular flexibility index (Phi) is 5.63. The van der Waals surface area contributed by atoms with Gasteiger partial charge in [-0.2, -0.15) is 20.1 Å². The summed E-state index contributed by atoms with van der Waals surface area (Å²) in [5.41, 5.74) is 2.88. The topological polar surface area (TPSA) is 100 Å². The number of amides is 1. The molecule has 0 aliphatic heterocycles. The van der Waals surface area contributed by atoms with Crippen molar-refractivity contribution in [2.24, 2.45) is 5.10 Å². The number of halogens is 1. The van der Waals surface area contributed by atoms with Gasteiger partial charge in [0.25, 0.3) is 11.5 Å². The highest BCUT2D eigenvalue weighted by molar-refractivity contribution is 6.30. The SMILES string of the molecule is Cc1c(C(=O)N/N=C/c2cccc(Cl)c2)nn(-c2ccccc2)c(=O)c1C#N. The highest BCUT2D eigenvalue weighted by atomic mass is 35.5. The molecule has 1 N–H and O–H groups in total. The largest absolute Gasteiger partial charge is 0.292 e. The minimum absolute atomic E-state index is 0.0664. The number of nitrogens with zero attached hydrogens (tertiary/aromatic N) is 4. The predicted molar refractivity (Wildman–Crippen MR) is 106 cm³/mol. The summed E-state index contributed by atoms with van der Waals surface area (Å²) in [5, 5.41) is 17.9. The highest BCUT2D eigenvalue weighted by Crippen LogP contribution is 2.11. The predicted octanol–water partition coefficient (Wildman–Crippen LogP) is 2.83. The number of carbonyl (C=O) groups is 1. The van der Waals surface area contributed by atoms with Crippen molar-refractivity contribution in [1.82, 2.24) is 15.2 Å². The molecule has 0 aliphatic carbocycles. The maximum atomic E-state index is 12.5. The molecule has 0 fully saturated rings. The first-order chi connectivity index (χ1) is 13.5. The molecule has 3 rings (SSSR count). The number of carbonyl (C=O) groups excluding carboxylic acids is 1. The fourth-order valence-electron chi connectivity index (χ4n) is 2.50. The average Bonchev–Trinajstić information content (AvgIpc) is 2.69. The van der Waals surface area contributed by atoms with E-state index in [-0.39, 0.29) is 16.8 Å².